The third-order valence-corrected chi connectivity index (χ3v) is 7.63. The number of esters is 1. The zero-order valence-electron chi connectivity index (χ0n) is 22.7. The summed E-state index contributed by atoms with van der Waals surface area (Å²) in [6.45, 7) is 9.92. The monoisotopic (exact) mass is 614 g/mol. The molecule has 0 amide bonds. The second-order valence-electron chi connectivity index (χ2n) is 8.96. The Balaban J connectivity index is 1.99. The number of benzene rings is 2. The van der Waals surface area contributed by atoms with Crippen molar-refractivity contribution in [2.45, 2.75) is 46.8 Å². The van der Waals surface area contributed by atoms with Crippen molar-refractivity contribution < 1.29 is 23.7 Å². The average Bonchev–Trinajstić information content (AvgIpc) is 3.19. The molecule has 10 heteroatoms. The van der Waals surface area contributed by atoms with Crippen LogP contribution in [-0.4, -0.2) is 37.0 Å². The van der Waals surface area contributed by atoms with Crippen molar-refractivity contribution in [3.05, 3.63) is 83.0 Å². The van der Waals surface area contributed by atoms with Gasteiger partial charge in [0.05, 0.1) is 48.3 Å². The Hall–Kier alpha value is -3.37. The molecular formula is C29H31BrN2O6S. The molecule has 0 saturated heterocycles. The summed E-state index contributed by atoms with van der Waals surface area (Å²) in [5, 5.41) is 0. The third-order valence-electron chi connectivity index (χ3n) is 5.96. The minimum absolute atomic E-state index is 0.0254. The molecule has 2 aromatic carbocycles. The highest BCUT2D eigenvalue weighted by Gasteiger charge is 2.35. The molecule has 3 aromatic rings. The van der Waals surface area contributed by atoms with Crippen molar-refractivity contribution in [3.63, 3.8) is 0 Å². The largest absolute Gasteiger partial charge is 0.493 e. The third kappa shape index (κ3) is 5.81. The van der Waals surface area contributed by atoms with Crippen molar-refractivity contribution in [3.8, 4) is 17.2 Å². The van der Waals surface area contributed by atoms with Crippen LogP contribution in [0.2, 0.25) is 0 Å². The van der Waals surface area contributed by atoms with Crippen LogP contribution in [0.4, 0.5) is 0 Å². The van der Waals surface area contributed by atoms with Gasteiger partial charge in [-0.15, -0.1) is 0 Å². The number of hydrogen-bond donors (Lipinski definition) is 0. The smallest absolute Gasteiger partial charge is 0.338 e. The van der Waals surface area contributed by atoms with E-state index >= 15 is 0 Å². The van der Waals surface area contributed by atoms with E-state index in [4.69, 9.17) is 18.9 Å². The first kappa shape index (κ1) is 28.6. The number of carbonyl (C=O) groups is 1. The van der Waals surface area contributed by atoms with Crippen LogP contribution < -0.4 is 29.1 Å². The minimum atomic E-state index is -0.802. The number of carbonyl (C=O) groups excluding carboxylic acids is 1. The number of rotatable bonds is 9. The van der Waals surface area contributed by atoms with Crippen LogP contribution in [0.15, 0.2) is 61.9 Å². The fourth-order valence-corrected chi connectivity index (χ4v) is 5.95. The lowest BCUT2D eigenvalue weighted by molar-refractivity contribution is -0.139. The first-order valence-electron chi connectivity index (χ1n) is 12.7. The highest BCUT2D eigenvalue weighted by atomic mass is 79.9. The van der Waals surface area contributed by atoms with Gasteiger partial charge in [0.2, 0.25) is 0 Å². The van der Waals surface area contributed by atoms with E-state index in [0.29, 0.717) is 48.9 Å². The second kappa shape index (κ2) is 12.2. The summed E-state index contributed by atoms with van der Waals surface area (Å²) in [4.78, 5) is 32.4. The van der Waals surface area contributed by atoms with Crippen LogP contribution in [0.5, 0.6) is 17.2 Å². The number of methoxy groups -OCH3 is 1. The molecule has 1 aliphatic rings. The summed E-state index contributed by atoms with van der Waals surface area (Å²) < 4.78 is 25.3. The van der Waals surface area contributed by atoms with Crippen LogP contribution in [0.3, 0.4) is 0 Å². The molecule has 39 heavy (non-hydrogen) atoms. The van der Waals surface area contributed by atoms with E-state index in [1.54, 1.807) is 43.7 Å². The predicted octanol–water partition coefficient (Wildman–Crippen LogP) is 4.76. The van der Waals surface area contributed by atoms with E-state index < -0.39 is 12.0 Å². The molecule has 0 aliphatic carbocycles. The molecule has 4 rings (SSSR count). The summed E-state index contributed by atoms with van der Waals surface area (Å²) in [5.74, 6) is 1.17. The zero-order valence-corrected chi connectivity index (χ0v) is 25.1. The van der Waals surface area contributed by atoms with E-state index in [-0.39, 0.29) is 23.8 Å². The highest BCUT2D eigenvalue weighted by molar-refractivity contribution is 9.10. The van der Waals surface area contributed by atoms with Crippen LogP contribution in [0.25, 0.3) is 6.08 Å². The summed E-state index contributed by atoms with van der Waals surface area (Å²) in [7, 11) is 1.55. The SMILES string of the molecule is CCOC(=O)C1=C(C)N=c2s/c(=C/c3ccccc3OC(C)C)c(=O)n2[C@@H]1c1cc(OC)c(OCC)cc1Br. The molecular weight excluding hydrogens is 584 g/mol. The van der Waals surface area contributed by atoms with Gasteiger partial charge in [0, 0.05) is 10.0 Å². The van der Waals surface area contributed by atoms with E-state index in [1.807, 2.05) is 45.0 Å². The van der Waals surface area contributed by atoms with Crippen molar-refractivity contribution in [1.29, 1.82) is 0 Å². The highest BCUT2D eigenvalue weighted by Crippen LogP contribution is 2.41. The Morgan fingerprint density at radius 3 is 2.56 bits per heavy atom. The molecule has 1 aromatic heterocycles. The van der Waals surface area contributed by atoms with Gasteiger partial charge < -0.3 is 18.9 Å². The fraction of sp³-hybridized carbons (Fsp3) is 0.345. The lowest BCUT2D eigenvalue weighted by Gasteiger charge is -2.26. The molecule has 0 spiro atoms. The van der Waals surface area contributed by atoms with Crippen LogP contribution >= 0.6 is 27.3 Å². The predicted molar refractivity (Wildman–Crippen MR) is 154 cm³/mol. The molecule has 0 bridgehead atoms. The van der Waals surface area contributed by atoms with E-state index in [9.17, 15) is 9.59 Å². The van der Waals surface area contributed by atoms with Gasteiger partial charge in [-0.2, -0.15) is 0 Å². The molecule has 1 atom stereocenters. The summed E-state index contributed by atoms with van der Waals surface area (Å²) in [6, 6.07) is 10.3. The minimum Gasteiger partial charge on any atom is -0.493 e. The van der Waals surface area contributed by atoms with Crippen molar-refractivity contribution >= 4 is 39.3 Å². The Bertz CT molecular complexity index is 1600. The molecule has 0 unspecified atom stereocenters. The lowest BCUT2D eigenvalue weighted by Crippen LogP contribution is -2.40. The standard InChI is InChI=1S/C29H31BrN2O6S/c1-7-36-23-15-20(30)19(14-22(23)35-6)26-25(28(34)37-8-2)17(5)31-29-32(26)27(33)24(39-29)13-18-11-9-10-12-21(18)38-16(3)4/h9-16,26H,7-8H2,1-6H3/b24-13+/t26-/m1/s1. The number of nitrogens with zero attached hydrogens (tertiary/aromatic N) is 2. The summed E-state index contributed by atoms with van der Waals surface area (Å²) >= 11 is 4.90. The molecule has 2 heterocycles. The van der Waals surface area contributed by atoms with E-state index in [1.165, 1.54) is 11.3 Å². The van der Waals surface area contributed by atoms with Crippen molar-refractivity contribution in [1.82, 2.24) is 4.57 Å². The Labute approximate surface area is 239 Å². The van der Waals surface area contributed by atoms with Crippen molar-refractivity contribution in [2.75, 3.05) is 20.3 Å². The van der Waals surface area contributed by atoms with Gasteiger partial charge >= 0.3 is 5.97 Å². The first-order chi connectivity index (χ1) is 18.7. The molecule has 8 nitrogen and oxygen atoms in total. The number of para-hydroxylation sites is 1. The summed E-state index contributed by atoms with van der Waals surface area (Å²) in [6.07, 6.45) is 1.78. The lowest BCUT2D eigenvalue weighted by atomic mass is 9.95. The number of allylic oxidation sites excluding steroid dienone is 1. The van der Waals surface area contributed by atoms with Crippen molar-refractivity contribution in [2.24, 2.45) is 4.99 Å². The van der Waals surface area contributed by atoms with Gasteiger partial charge in [-0.05, 0) is 64.5 Å². The van der Waals surface area contributed by atoms with Gasteiger partial charge in [-0.25, -0.2) is 9.79 Å². The van der Waals surface area contributed by atoms with Gasteiger partial charge in [-0.3, -0.25) is 9.36 Å². The first-order valence-corrected chi connectivity index (χ1v) is 14.3. The maximum Gasteiger partial charge on any atom is 0.338 e. The maximum atomic E-state index is 14.0. The molecule has 0 fully saturated rings. The van der Waals surface area contributed by atoms with Gasteiger partial charge in [0.15, 0.2) is 16.3 Å². The number of ether oxygens (including phenoxy) is 4. The van der Waals surface area contributed by atoms with Crippen LogP contribution in [0.1, 0.15) is 51.8 Å². The van der Waals surface area contributed by atoms with E-state index in [0.717, 1.165) is 5.56 Å². The average molecular weight is 616 g/mol. The Morgan fingerprint density at radius 1 is 1.15 bits per heavy atom. The van der Waals surface area contributed by atoms with Gasteiger partial charge in [-0.1, -0.05) is 45.5 Å². The Morgan fingerprint density at radius 2 is 1.90 bits per heavy atom. The molecule has 206 valence electrons. The topological polar surface area (TPSA) is 88.4 Å². The normalized spacial score (nSPS) is 15.2. The summed E-state index contributed by atoms with van der Waals surface area (Å²) in [5.41, 5.74) is 1.90. The fourth-order valence-electron chi connectivity index (χ4n) is 4.38. The van der Waals surface area contributed by atoms with Gasteiger partial charge in [0.1, 0.15) is 5.75 Å². The molecule has 0 saturated carbocycles. The zero-order chi connectivity index (χ0) is 28.3. The van der Waals surface area contributed by atoms with E-state index in [2.05, 4.69) is 20.9 Å². The Kier molecular flexibility index (Phi) is 8.97. The number of aromatic nitrogens is 1. The number of fused-ring (bicyclic) bond motifs is 1. The molecule has 0 radical (unpaired) electrons. The quantitative estimate of drug-likeness (QED) is 0.323. The number of hydrogen-bond acceptors (Lipinski definition) is 8. The number of thiazole rings is 1. The van der Waals surface area contributed by atoms with Crippen LogP contribution in [-0.2, 0) is 9.53 Å². The van der Waals surface area contributed by atoms with Gasteiger partial charge in [0.25, 0.3) is 5.56 Å². The van der Waals surface area contributed by atoms with Crippen LogP contribution in [0, 0.1) is 0 Å². The number of halogens is 1. The molecule has 1 aliphatic heterocycles. The maximum absolute atomic E-state index is 14.0. The second-order valence-corrected chi connectivity index (χ2v) is 10.8. The molecule has 0 N–H and O–H groups in total.